The fourth-order valence-electron chi connectivity index (χ4n) is 5.41. The Morgan fingerprint density at radius 1 is 1.09 bits per heavy atom. The van der Waals surface area contributed by atoms with Crippen LogP contribution in [-0.2, 0) is 33.4 Å². The molecule has 2 spiro atoms. The second kappa shape index (κ2) is 9.07. The molecule has 1 aromatic carbocycles. The highest BCUT2D eigenvalue weighted by Crippen LogP contribution is 2.53. The largest absolute Gasteiger partial charge is 0.427 e. The van der Waals surface area contributed by atoms with Crippen molar-refractivity contribution in [1.29, 1.82) is 0 Å². The van der Waals surface area contributed by atoms with Crippen molar-refractivity contribution >= 4 is 17.4 Å². The molecule has 0 N–H and O–H groups in total. The fourth-order valence-corrected chi connectivity index (χ4v) is 5.41. The first-order valence-corrected chi connectivity index (χ1v) is 12.3. The average Bonchev–Trinajstić information content (AvgIpc) is 3.55. The lowest BCUT2D eigenvalue weighted by atomic mass is 9.77. The Bertz CT molecular complexity index is 976. The van der Waals surface area contributed by atoms with Crippen LogP contribution in [0.4, 0.5) is 0 Å². The van der Waals surface area contributed by atoms with Gasteiger partial charge in [0.05, 0.1) is 24.7 Å². The van der Waals surface area contributed by atoms with E-state index in [1.165, 1.54) is 5.06 Å². The van der Waals surface area contributed by atoms with Gasteiger partial charge in [-0.2, -0.15) is 0 Å². The van der Waals surface area contributed by atoms with E-state index in [0.29, 0.717) is 56.8 Å². The van der Waals surface area contributed by atoms with E-state index in [4.69, 9.17) is 23.8 Å². The van der Waals surface area contributed by atoms with Gasteiger partial charge in [0.25, 0.3) is 5.91 Å². The minimum Gasteiger partial charge on any atom is -0.427 e. The van der Waals surface area contributed by atoms with Gasteiger partial charge in [0, 0.05) is 19.4 Å². The topological polar surface area (TPSA) is 83.5 Å². The number of ether oxygens (including phenoxy) is 4. The van der Waals surface area contributed by atoms with Crippen molar-refractivity contribution in [3.63, 3.8) is 0 Å². The number of nitrogens with zero attached hydrogens (tertiary/aromatic N) is 1. The third kappa shape index (κ3) is 3.96. The van der Waals surface area contributed by atoms with E-state index in [2.05, 4.69) is 0 Å². The monoisotopic (exact) mass is 471 g/mol. The summed E-state index contributed by atoms with van der Waals surface area (Å²) in [5, 5.41) is 1.40. The second-order valence-corrected chi connectivity index (χ2v) is 9.64. The van der Waals surface area contributed by atoms with Crippen LogP contribution in [0.5, 0.6) is 0 Å². The lowest BCUT2D eigenvalue weighted by Crippen LogP contribution is -2.54. The molecule has 1 amide bonds. The molecular weight excluding hydrogens is 438 g/mol. The maximum atomic E-state index is 14.0. The van der Waals surface area contributed by atoms with Gasteiger partial charge < -0.3 is 18.9 Å². The lowest BCUT2D eigenvalue weighted by Gasteiger charge is -2.45. The molecule has 184 valence electrons. The Balaban J connectivity index is 1.61. The van der Waals surface area contributed by atoms with Crippen molar-refractivity contribution in [1.82, 2.24) is 5.06 Å². The summed E-state index contributed by atoms with van der Waals surface area (Å²) in [5.41, 5.74) is 2.16. The van der Waals surface area contributed by atoms with Crippen LogP contribution in [0.1, 0.15) is 62.1 Å². The van der Waals surface area contributed by atoms with Gasteiger partial charge in [-0.1, -0.05) is 18.2 Å². The number of carbonyl (C=O) groups excluding carboxylic acids is 2. The van der Waals surface area contributed by atoms with Gasteiger partial charge in [-0.25, -0.2) is 9.90 Å². The number of esters is 1. The van der Waals surface area contributed by atoms with E-state index in [-0.39, 0.29) is 24.6 Å². The van der Waals surface area contributed by atoms with Crippen molar-refractivity contribution in [3.05, 3.63) is 40.6 Å². The SMILES string of the molecule is CCOCON1C(=O)C(c2c(C)cccc2C)=C(OC(=O)C2CC2)C12CCC1(CC2)OCCO1. The van der Waals surface area contributed by atoms with Crippen LogP contribution in [0.15, 0.2) is 24.0 Å². The Morgan fingerprint density at radius 3 is 2.32 bits per heavy atom. The summed E-state index contributed by atoms with van der Waals surface area (Å²) in [7, 11) is 0. The molecule has 2 aliphatic carbocycles. The minimum atomic E-state index is -0.927. The molecule has 5 rings (SSSR count). The summed E-state index contributed by atoms with van der Waals surface area (Å²) in [6, 6.07) is 5.90. The van der Waals surface area contributed by atoms with Crippen LogP contribution < -0.4 is 0 Å². The maximum Gasteiger partial charge on any atom is 0.314 e. The molecule has 2 saturated carbocycles. The summed E-state index contributed by atoms with van der Waals surface area (Å²) in [6.07, 6.45) is 3.76. The molecule has 2 heterocycles. The molecule has 8 nitrogen and oxygen atoms in total. The zero-order chi connectivity index (χ0) is 23.9. The molecule has 0 radical (unpaired) electrons. The number of hydroxylamine groups is 2. The van der Waals surface area contributed by atoms with Gasteiger partial charge in [-0.05, 0) is 63.1 Å². The van der Waals surface area contributed by atoms with E-state index in [0.717, 1.165) is 29.5 Å². The third-order valence-corrected chi connectivity index (χ3v) is 7.40. The Hall–Kier alpha value is -2.26. The van der Waals surface area contributed by atoms with Crippen LogP contribution in [-0.4, -0.2) is 54.9 Å². The Labute approximate surface area is 200 Å². The van der Waals surface area contributed by atoms with E-state index in [9.17, 15) is 9.59 Å². The molecule has 0 bridgehead atoms. The fraction of sp³-hybridized carbons (Fsp3) is 0.615. The second-order valence-electron chi connectivity index (χ2n) is 9.64. The van der Waals surface area contributed by atoms with E-state index >= 15 is 0 Å². The molecule has 34 heavy (non-hydrogen) atoms. The van der Waals surface area contributed by atoms with Crippen LogP contribution >= 0.6 is 0 Å². The lowest BCUT2D eigenvalue weighted by molar-refractivity contribution is -0.268. The number of aryl methyl sites for hydroxylation is 2. The minimum absolute atomic E-state index is 0.0635. The zero-order valence-electron chi connectivity index (χ0n) is 20.2. The van der Waals surface area contributed by atoms with Gasteiger partial charge in [0.15, 0.2) is 12.6 Å². The highest BCUT2D eigenvalue weighted by Gasteiger charge is 2.60. The molecule has 4 aliphatic rings. The van der Waals surface area contributed by atoms with Gasteiger partial charge in [-0.3, -0.25) is 9.59 Å². The van der Waals surface area contributed by atoms with E-state index in [1.54, 1.807) is 0 Å². The molecule has 0 atom stereocenters. The number of amides is 1. The summed E-state index contributed by atoms with van der Waals surface area (Å²) in [4.78, 5) is 32.9. The van der Waals surface area contributed by atoms with E-state index < -0.39 is 11.3 Å². The van der Waals surface area contributed by atoms with Gasteiger partial charge in [0.1, 0.15) is 11.3 Å². The van der Waals surface area contributed by atoms with Crippen molar-refractivity contribution in [2.45, 2.75) is 70.6 Å². The molecular formula is C26H33NO7. The van der Waals surface area contributed by atoms with Crippen molar-refractivity contribution < 1.29 is 33.4 Å². The first-order valence-electron chi connectivity index (χ1n) is 12.3. The molecule has 1 aromatic rings. The highest BCUT2D eigenvalue weighted by molar-refractivity contribution is 6.23. The average molecular weight is 472 g/mol. The van der Waals surface area contributed by atoms with Crippen LogP contribution in [0.2, 0.25) is 0 Å². The molecule has 8 heteroatoms. The number of carbonyl (C=O) groups is 2. The summed E-state index contributed by atoms with van der Waals surface area (Å²) in [6.45, 7) is 7.32. The summed E-state index contributed by atoms with van der Waals surface area (Å²) < 4.78 is 23.5. The first kappa shape index (κ1) is 23.5. The van der Waals surface area contributed by atoms with Crippen molar-refractivity contribution in [2.75, 3.05) is 26.6 Å². The molecule has 3 fully saturated rings. The number of hydrogen-bond acceptors (Lipinski definition) is 7. The van der Waals surface area contributed by atoms with Crippen LogP contribution in [0, 0.1) is 19.8 Å². The molecule has 1 saturated heterocycles. The quantitative estimate of drug-likeness (QED) is 0.340. The summed E-state index contributed by atoms with van der Waals surface area (Å²) >= 11 is 0. The van der Waals surface area contributed by atoms with E-state index in [1.807, 2.05) is 39.0 Å². The van der Waals surface area contributed by atoms with Crippen LogP contribution in [0.25, 0.3) is 5.57 Å². The predicted octanol–water partition coefficient (Wildman–Crippen LogP) is 3.79. The van der Waals surface area contributed by atoms with Crippen molar-refractivity contribution in [2.24, 2.45) is 5.92 Å². The third-order valence-electron chi connectivity index (χ3n) is 7.40. The first-order chi connectivity index (χ1) is 16.4. The van der Waals surface area contributed by atoms with Gasteiger partial charge in [-0.15, -0.1) is 0 Å². The van der Waals surface area contributed by atoms with Gasteiger partial charge >= 0.3 is 5.97 Å². The Kier molecular flexibility index (Phi) is 6.27. The molecule has 0 aromatic heterocycles. The van der Waals surface area contributed by atoms with Gasteiger partial charge in [0.2, 0.25) is 0 Å². The smallest absolute Gasteiger partial charge is 0.314 e. The number of rotatable bonds is 7. The zero-order valence-corrected chi connectivity index (χ0v) is 20.2. The van der Waals surface area contributed by atoms with Crippen molar-refractivity contribution in [3.8, 4) is 0 Å². The number of benzene rings is 1. The molecule has 2 aliphatic heterocycles. The molecule has 0 unspecified atom stereocenters. The standard InChI is InChI=1S/C26H33NO7/c1-4-30-16-33-27-23(28)21(20-17(2)6-5-7-18(20)3)22(34-24(29)19-8-9-19)25(27)10-12-26(13-11-25)31-14-15-32-26/h5-7,19H,4,8-16H2,1-3H3. The number of hydrogen-bond donors (Lipinski definition) is 0. The highest BCUT2D eigenvalue weighted by atomic mass is 16.8. The van der Waals surface area contributed by atoms with Crippen LogP contribution in [0.3, 0.4) is 0 Å². The Morgan fingerprint density at radius 2 is 1.74 bits per heavy atom. The normalized spacial score (nSPS) is 23.4. The maximum absolute atomic E-state index is 14.0. The summed E-state index contributed by atoms with van der Waals surface area (Å²) in [5.74, 6) is -0.928. The predicted molar refractivity (Wildman–Crippen MR) is 122 cm³/mol.